The van der Waals surface area contributed by atoms with Gasteiger partial charge >= 0.3 is 5.97 Å². The number of hydrogen-bond donors (Lipinski definition) is 9. The molecule has 0 bridgehead atoms. The number of rotatable bonds is 13. The van der Waals surface area contributed by atoms with Crippen molar-refractivity contribution >= 4 is 54.9 Å². The number of amides is 3. The molecule has 4 unspecified atom stereocenters. The Hall–Kier alpha value is -2.19. The molecule has 10 N–H and O–H groups in total. The Kier molecular flexibility index (Phi) is 12.8. The lowest BCUT2D eigenvalue weighted by atomic mass is 10.1. The number of aliphatic carboxylic acids is 1. The van der Waals surface area contributed by atoms with Crippen molar-refractivity contribution in [2.45, 2.75) is 43.9 Å². The summed E-state index contributed by atoms with van der Waals surface area (Å²) in [6.07, 6.45) is 0.782. The normalized spacial score (nSPS) is 14.6. The number of hydrogen-bond acceptors (Lipinski definition) is 8. The third kappa shape index (κ3) is 10.8. The summed E-state index contributed by atoms with van der Waals surface area (Å²) < 4.78 is 0. The van der Waals surface area contributed by atoms with Gasteiger partial charge < -0.3 is 38.3 Å². The molecule has 0 aliphatic carbocycles. The summed E-state index contributed by atoms with van der Waals surface area (Å²) in [5.74, 6) is -3.45. The second kappa shape index (κ2) is 13.9. The Morgan fingerprint density at radius 1 is 0.966 bits per heavy atom. The van der Waals surface area contributed by atoms with E-state index in [0.29, 0.717) is 19.4 Å². The Morgan fingerprint density at radius 2 is 1.52 bits per heavy atom. The molecule has 0 heterocycles. The molecule has 0 fully saturated rings. The molecule has 29 heavy (non-hydrogen) atoms. The number of nitrogens with two attached hydrogens (primary N) is 3. The van der Waals surface area contributed by atoms with Gasteiger partial charge in [-0.15, -0.1) is 0 Å². The van der Waals surface area contributed by atoms with E-state index in [1.165, 1.54) is 6.92 Å². The maximum atomic E-state index is 12.2. The fraction of sp³-hybridized carbons (Fsp3) is 0.667. The van der Waals surface area contributed by atoms with Crippen LogP contribution in [0.25, 0.3) is 0 Å². The quantitative estimate of drug-likeness (QED) is 0.0599. The van der Waals surface area contributed by atoms with Crippen LogP contribution in [0.2, 0.25) is 0 Å². The van der Waals surface area contributed by atoms with E-state index in [4.69, 9.17) is 22.3 Å². The first-order valence-corrected chi connectivity index (χ1v) is 9.96. The SMILES string of the molecule is CC(NC(=O)C(N)CCCN=C(N)N)C(=O)NC(CS)C(=O)NC(CS)C(=O)O. The molecule has 0 aromatic heterocycles. The van der Waals surface area contributed by atoms with Crippen LogP contribution in [0.3, 0.4) is 0 Å². The van der Waals surface area contributed by atoms with Gasteiger partial charge in [0.1, 0.15) is 18.1 Å². The fourth-order valence-electron chi connectivity index (χ4n) is 1.99. The summed E-state index contributed by atoms with van der Waals surface area (Å²) in [5.41, 5.74) is 16.2. The largest absolute Gasteiger partial charge is 0.480 e. The van der Waals surface area contributed by atoms with Gasteiger partial charge in [0.25, 0.3) is 0 Å². The fourth-order valence-corrected chi connectivity index (χ4v) is 2.49. The van der Waals surface area contributed by atoms with Gasteiger partial charge in [-0.2, -0.15) is 25.3 Å². The smallest absolute Gasteiger partial charge is 0.327 e. The van der Waals surface area contributed by atoms with E-state index in [1.54, 1.807) is 0 Å². The maximum absolute atomic E-state index is 12.2. The lowest BCUT2D eigenvalue weighted by Gasteiger charge is -2.22. The van der Waals surface area contributed by atoms with E-state index in [1.807, 2.05) is 0 Å². The molecule has 0 aromatic carbocycles. The van der Waals surface area contributed by atoms with E-state index < -0.39 is 47.9 Å². The van der Waals surface area contributed by atoms with Crippen LogP contribution in [0.5, 0.6) is 0 Å². The Labute approximate surface area is 179 Å². The van der Waals surface area contributed by atoms with Gasteiger partial charge in [0.15, 0.2) is 5.96 Å². The monoisotopic (exact) mass is 451 g/mol. The number of carboxylic acid groups (broad SMARTS) is 1. The van der Waals surface area contributed by atoms with Crippen LogP contribution in [0.4, 0.5) is 0 Å². The molecular weight excluding hydrogens is 422 g/mol. The Morgan fingerprint density at radius 3 is 2.00 bits per heavy atom. The van der Waals surface area contributed by atoms with Crippen LogP contribution in [-0.4, -0.2) is 77.0 Å². The number of guanidine groups is 1. The van der Waals surface area contributed by atoms with Crippen molar-refractivity contribution in [3.63, 3.8) is 0 Å². The van der Waals surface area contributed by atoms with Crippen LogP contribution < -0.4 is 33.2 Å². The first-order chi connectivity index (χ1) is 13.5. The van der Waals surface area contributed by atoms with Crippen molar-refractivity contribution in [2.75, 3.05) is 18.1 Å². The van der Waals surface area contributed by atoms with Gasteiger partial charge in [-0.1, -0.05) is 0 Å². The summed E-state index contributed by atoms with van der Waals surface area (Å²) in [6.45, 7) is 1.74. The standard InChI is InChI=1S/C15H29N7O5S2/c1-7(20-12(24)8(16)3-2-4-19-15(17)18)11(23)21-9(5-28)13(25)22-10(6-29)14(26)27/h7-10,28-29H,2-6,16H2,1H3,(H,20,24)(H,21,23)(H,22,25)(H,26,27)(H4,17,18,19). The van der Waals surface area contributed by atoms with Gasteiger partial charge in [-0.05, 0) is 19.8 Å². The van der Waals surface area contributed by atoms with Crippen molar-refractivity contribution < 1.29 is 24.3 Å². The minimum absolute atomic E-state index is 0.0554. The predicted molar refractivity (Wildman–Crippen MR) is 115 cm³/mol. The minimum Gasteiger partial charge on any atom is -0.480 e. The number of carbonyl (C=O) groups excluding carboxylic acids is 3. The molecule has 0 aromatic rings. The van der Waals surface area contributed by atoms with Crippen molar-refractivity contribution in [3.05, 3.63) is 0 Å². The lowest BCUT2D eigenvalue weighted by Crippen LogP contribution is -2.57. The van der Waals surface area contributed by atoms with E-state index in [0.717, 1.165) is 0 Å². The first kappa shape index (κ1) is 26.8. The Bertz CT molecular complexity index is 616. The molecule has 0 rings (SSSR count). The second-order valence-electron chi connectivity index (χ2n) is 6.11. The molecule has 0 aliphatic rings. The summed E-state index contributed by atoms with van der Waals surface area (Å²) in [4.78, 5) is 51.2. The summed E-state index contributed by atoms with van der Waals surface area (Å²) in [5, 5.41) is 16.0. The second-order valence-corrected chi connectivity index (χ2v) is 6.84. The number of thiol groups is 2. The third-order valence-electron chi connectivity index (χ3n) is 3.67. The van der Waals surface area contributed by atoms with E-state index in [9.17, 15) is 19.2 Å². The summed E-state index contributed by atoms with van der Waals surface area (Å²) in [6, 6.07) is -4.16. The van der Waals surface area contributed by atoms with Crippen LogP contribution in [0.1, 0.15) is 19.8 Å². The van der Waals surface area contributed by atoms with Gasteiger partial charge in [0.05, 0.1) is 6.04 Å². The third-order valence-corrected chi connectivity index (χ3v) is 4.40. The molecule has 0 radical (unpaired) electrons. The number of aliphatic imine (C=N–C) groups is 1. The average Bonchev–Trinajstić information content (AvgIpc) is 2.66. The average molecular weight is 452 g/mol. The van der Waals surface area contributed by atoms with Gasteiger partial charge in [-0.3, -0.25) is 19.4 Å². The number of nitrogens with one attached hydrogen (secondary N) is 3. The highest BCUT2D eigenvalue weighted by atomic mass is 32.1. The number of carbonyl (C=O) groups is 4. The molecule has 0 saturated heterocycles. The minimum atomic E-state index is -1.26. The summed E-state index contributed by atoms with van der Waals surface area (Å²) >= 11 is 7.83. The zero-order valence-electron chi connectivity index (χ0n) is 16.0. The van der Waals surface area contributed by atoms with Crippen LogP contribution in [0, 0.1) is 0 Å². The number of carboxylic acids is 1. The molecule has 14 heteroatoms. The van der Waals surface area contributed by atoms with Gasteiger partial charge in [-0.25, -0.2) is 4.79 Å². The zero-order valence-corrected chi connectivity index (χ0v) is 17.8. The highest BCUT2D eigenvalue weighted by molar-refractivity contribution is 7.80. The highest BCUT2D eigenvalue weighted by Crippen LogP contribution is 1.98. The highest BCUT2D eigenvalue weighted by Gasteiger charge is 2.27. The van der Waals surface area contributed by atoms with Crippen molar-refractivity contribution in [1.82, 2.24) is 16.0 Å². The first-order valence-electron chi connectivity index (χ1n) is 8.70. The molecule has 3 amide bonds. The maximum Gasteiger partial charge on any atom is 0.327 e. The molecular formula is C15H29N7O5S2. The Balaban J connectivity index is 4.61. The molecule has 166 valence electrons. The molecule has 4 atom stereocenters. The molecule has 0 spiro atoms. The summed E-state index contributed by atoms with van der Waals surface area (Å²) in [7, 11) is 0. The molecule has 12 nitrogen and oxygen atoms in total. The van der Waals surface area contributed by atoms with E-state index in [2.05, 4.69) is 46.2 Å². The molecule has 0 saturated carbocycles. The lowest BCUT2D eigenvalue weighted by molar-refractivity contribution is -0.141. The van der Waals surface area contributed by atoms with Crippen LogP contribution in [-0.2, 0) is 19.2 Å². The van der Waals surface area contributed by atoms with Crippen molar-refractivity contribution in [2.24, 2.45) is 22.2 Å². The topological polar surface area (TPSA) is 215 Å². The van der Waals surface area contributed by atoms with Gasteiger partial charge in [0.2, 0.25) is 17.7 Å². The predicted octanol–water partition coefficient (Wildman–Crippen LogP) is -3.21. The molecule has 0 aliphatic heterocycles. The zero-order chi connectivity index (χ0) is 22.6. The van der Waals surface area contributed by atoms with Crippen molar-refractivity contribution in [1.29, 1.82) is 0 Å². The van der Waals surface area contributed by atoms with Crippen LogP contribution in [0.15, 0.2) is 4.99 Å². The van der Waals surface area contributed by atoms with Gasteiger partial charge in [0, 0.05) is 18.1 Å². The van der Waals surface area contributed by atoms with E-state index in [-0.39, 0.29) is 17.5 Å². The van der Waals surface area contributed by atoms with E-state index >= 15 is 0 Å². The van der Waals surface area contributed by atoms with Crippen molar-refractivity contribution in [3.8, 4) is 0 Å². The van der Waals surface area contributed by atoms with Crippen LogP contribution >= 0.6 is 25.3 Å². The number of nitrogens with zero attached hydrogens (tertiary/aromatic N) is 1.